The number of nitrogens with two attached hydrogens (primary N) is 1. The van der Waals surface area contributed by atoms with E-state index in [0.29, 0.717) is 0 Å². The standard InChI is InChI=1S/C23H24N4O/c1-28-19-8-2-5-16(13-19)10-12-25-15-21-22(17-6-3-7-18(24)14-17)20-9-4-11-26-23(20)27-21/h2-9,11,13-14,25H,10,12,15,24H2,1H3,(H,26,27). The van der Waals surface area contributed by atoms with Gasteiger partial charge < -0.3 is 20.8 Å². The predicted molar refractivity (Wildman–Crippen MR) is 114 cm³/mol. The van der Waals surface area contributed by atoms with Crippen LogP contribution in [0.1, 0.15) is 11.3 Å². The number of methoxy groups -OCH3 is 1. The molecule has 4 aromatic rings. The summed E-state index contributed by atoms with van der Waals surface area (Å²) in [6.45, 7) is 1.59. The number of hydrogen-bond donors (Lipinski definition) is 3. The monoisotopic (exact) mass is 372 g/mol. The summed E-state index contributed by atoms with van der Waals surface area (Å²) in [4.78, 5) is 7.94. The van der Waals surface area contributed by atoms with E-state index in [4.69, 9.17) is 10.5 Å². The van der Waals surface area contributed by atoms with Crippen LogP contribution < -0.4 is 15.8 Å². The van der Waals surface area contributed by atoms with Gasteiger partial charge in [-0.1, -0.05) is 24.3 Å². The molecule has 0 atom stereocenters. The number of nitrogen functional groups attached to an aromatic ring is 1. The summed E-state index contributed by atoms with van der Waals surface area (Å²) in [5.41, 5.74) is 12.3. The van der Waals surface area contributed by atoms with E-state index < -0.39 is 0 Å². The van der Waals surface area contributed by atoms with Crippen LogP contribution in [-0.2, 0) is 13.0 Å². The van der Waals surface area contributed by atoms with Crippen molar-refractivity contribution < 1.29 is 4.74 Å². The maximum absolute atomic E-state index is 6.02. The molecule has 0 aliphatic carbocycles. The third-order valence-corrected chi connectivity index (χ3v) is 4.85. The van der Waals surface area contributed by atoms with Gasteiger partial charge >= 0.3 is 0 Å². The lowest BCUT2D eigenvalue weighted by Crippen LogP contribution is -2.17. The Morgan fingerprint density at radius 1 is 1.07 bits per heavy atom. The Labute approximate surface area is 164 Å². The summed E-state index contributed by atoms with van der Waals surface area (Å²) in [5.74, 6) is 0.892. The number of hydrogen-bond acceptors (Lipinski definition) is 4. The van der Waals surface area contributed by atoms with E-state index in [-0.39, 0.29) is 0 Å². The maximum atomic E-state index is 6.02. The molecule has 0 radical (unpaired) electrons. The second kappa shape index (κ2) is 8.15. The number of ether oxygens (including phenoxy) is 1. The normalized spacial score (nSPS) is 11.0. The smallest absolute Gasteiger partial charge is 0.138 e. The van der Waals surface area contributed by atoms with Crippen LogP contribution in [0.15, 0.2) is 66.9 Å². The summed E-state index contributed by atoms with van der Waals surface area (Å²) >= 11 is 0. The van der Waals surface area contributed by atoms with E-state index >= 15 is 0 Å². The van der Waals surface area contributed by atoms with Crippen LogP contribution in [0.25, 0.3) is 22.2 Å². The average molecular weight is 372 g/mol. The maximum Gasteiger partial charge on any atom is 0.138 e. The molecule has 5 nitrogen and oxygen atoms in total. The second-order valence-electron chi connectivity index (χ2n) is 6.78. The highest BCUT2D eigenvalue weighted by Crippen LogP contribution is 2.32. The van der Waals surface area contributed by atoms with E-state index in [2.05, 4.69) is 39.6 Å². The van der Waals surface area contributed by atoms with Gasteiger partial charge in [-0.25, -0.2) is 4.98 Å². The first-order chi connectivity index (χ1) is 13.7. The van der Waals surface area contributed by atoms with Crippen LogP contribution in [0.4, 0.5) is 5.69 Å². The van der Waals surface area contributed by atoms with Gasteiger partial charge in [0.15, 0.2) is 0 Å². The lowest BCUT2D eigenvalue weighted by Gasteiger charge is -2.09. The van der Waals surface area contributed by atoms with Crippen LogP contribution in [0.5, 0.6) is 5.75 Å². The van der Waals surface area contributed by atoms with Gasteiger partial charge in [0.05, 0.1) is 7.11 Å². The fourth-order valence-corrected chi connectivity index (χ4v) is 3.51. The SMILES string of the molecule is COc1cccc(CCNCc2[nH]c3ncccc3c2-c2cccc(N)c2)c1. The highest BCUT2D eigenvalue weighted by Gasteiger charge is 2.14. The Bertz CT molecular complexity index is 1090. The molecule has 0 unspecified atom stereocenters. The number of nitrogens with zero attached hydrogens (tertiary/aromatic N) is 1. The fraction of sp³-hybridized carbons (Fsp3) is 0.174. The van der Waals surface area contributed by atoms with Crippen molar-refractivity contribution in [3.63, 3.8) is 0 Å². The zero-order chi connectivity index (χ0) is 19.3. The van der Waals surface area contributed by atoms with Gasteiger partial charge in [-0.15, -0.1) is 0 Å². The molecule has 28 heavy (non-hydrogen) atoms. The number of nitrogens with one attached hydrogen (secondary N) is 2. The Morgan fingerprint density at radius 2 is 1.96 bits per heavy atom. The molecule has 2 heterocycles. The van der Waals surface area contributed by atoms with Gasteiger partial charge in [-0.2, -0.15) is 0 Å². The molecule has 0 bridgehead atoms. The second-order valence-corrected chi connectivity index (χ2v) is 6.78. The number of aromatic amines is 1. The van der Waals surface area contributed by atoms with E-state index in [1.807, 2.05) is 42.6 Å². The zero-order valence-corrected chi connectivity index (χ0v) is 15.9. The Morgan fingerprint density at radius 3 is 2.82 bits per heavy atom. The predicted octanol–water partition coefficient (Wildman–Crippen LogP) is 4.15. The first-order valence-electron chi connectivity index (χ1n) is 9.40. The summed E-state index contributed by atoms with van der Waals surface area (Å²) < 4.78 is 5.30. The molecule has 0 amide bonds. The third-order valence-electron chi connectivity index (χ3n) is 4.85. The minimum Gasteiger partial charge on any atom is -0.497 e. The summed E-state index contributed by atoms with van der Waals surface area (Å²) in [5, 5.41) is 4.65. The Hall–Kier alpha value is -3.31. The molecule has 2 aromatic carbocycles. The van der Waals surface area contributed by atoms with E-state index in [1.54, 1.807) is 7.11 Å². The van der Waals surface area contributed by atoms with Gasteiger partial charge in [0, 0.05) is 35.1 Å². The number of fused-ring (bicyclic) bond motifs is 1. The number of pyridine rings is 1. The van der Waals surface area contributed by atoms with Gasteiger partial charge in [0.1, 0.15) is 11.4 Å². The van der Waals surface area contributed by atoms with Crippen molar-refractivity contribution in [2.24, 2.45) is 0 Å². The van der Waals surface area contributed by atoms with Crippen molar-refractivity contribution in [2.75, 3.05) is 19.4 Å². The Kier molecular flexibility index (Phi) is 5.26. The highest BCUT2D eigenvalue weighted by molar-refractivity contribution is 5.96. The molecule has 142 valence electrons. The summed E-state index contributed by atoms with van der Waals surface area (Å²) in [7, 11) is 1.69. The number of benzene rings is 2. The van der Waals surface area contributed by atoms with Crippen LogP contribution in [0, 0.1) is 0 Å². The number of rotatable bonds is 7. The van der Waals surface area contributed by atoms with Gasteiger partial charge in [-0.3, -0.25) is 0 Å². The van der Waals surface area contributed by atoms with Crippen molar-refractivity contribution >= 4 is 16.7 Å². The topological polar surface area (TPSA) is 76.0 Å². The molecule has 0 fully saturated rings. The van der Waals surface area contributed by atoms with Crippen molar-refractivity contribution in [2.45, 2.75) is 13.0 Å². The number of anilines is 1. The average Bonchev–Trinajstić information content (AvgIpc) is 3.09. The fourth-order valence-electron chi connectivity index (χ4n) is 3.51. The minimum atomic E-state index is 0.727. The van der Waals surface area contributed by atoms with Gasteiger partial charge in [-0.05, 0) is 60.5 Å². The lowest BCUT2D eigenvalue weighted by atomic mass is 10.0. The molecular weight excluding hydrogens is 348 g/mol. The summed E-state index contributed by atoms with van der Waals surface area (Å²) in [6, 6.07) is 20.2. The molecule has 0 aliphatic heterocycles. The van der Waals surface area contributed by atoms with Gasteiger partial charge in [0.2, 0.25) is 0 Å². The number of H-pyrrole nitrogens is 1. The minimum absolute atomic E-state index is 0.727. The van der Waals surface area contributed by atoms with Crippen molar-refractivity contribution in [3.8, 4) is 16.9 Å². The van der Waals surface area contributed by atoms with Crippen LogP contribution in [0.2, 0.25) is 0 Å². The third kappa shape index (κ3) is 3.85. The summed E-state index contributed by atoms with van der Waals surface area (Å²) in [6.07, 6.45) is 2.74. The van der Waals surface area contributed by atoms with Crippen molar-refractivity contribution in [3.05, 3.63) is 78.1 Å². The van der Waals surface area contributed by atoms with Crippen LogP contribution in [-0.4, -0.2) is 23.6 Å². The highest BCUT2D eigenvalue weighted by atomic mass is 16.5. The zero-order valence-electron chi connectivity index (χ0n) is 15.9. The largest absolute Gasteiger partial charge is 0.497 e. The molecule has 0 saturated carbocycles. The van der Waals surface area contributed by atoms with Gasteiger partial charge in [0.25, 0.3) is 0 Å². The quantitative estimate of drug-likeness (QED) is 0.336. The lowest BCUT2D eigenvalue weighted by molar-refractivity contribution is 0.414. The molecule has 0 spiro atoms. The van der Waals surface area contributed by atoms with E-state index in [1.165, 1.54) is 5.56 Å². The molecule has 5 heteroatoms. The van der Waals surface area contributed by atoms with Crippen molar-refractivity contribution in [1.82, 2.24) is 15.3 Å². The molecule has 4 N–H and O–H groups in total. The van der Waals surface area contributed by atoms with E-state index in [0.717, 1.165) is 58.8 Å². The number of aromatic nitrogens is 2. The molecule has 0 aliphatic rings. The van der Waals surface area contributed by atoms with Crippen LogP contribution in [0.3, 0.4) is 0 Å². The first kappa shape index (κ1) is 18.1. The molecule has 4 rings (SSSR count). The first-order valence-corrected chi connectivity index (χ1v) is 9.40. The Balaban J connectivity index is 1.53. The van der Waals surface area contributed by atoms with Crippen LogP contribution >= 0.6 is 0 Å². The molecule has 0 saturated heterocycles. The van der Waals surface area contributed by atoms with E-state index in [9.17, 15) is 0 Å². The van der Waals surface area contributed by atoms with Crippen molar-refractivity contribution in [1.29, 1.82) is 0 Å². The molecular formula is C23H24N4O. The molecule has 2 aromatic heterocycles.